The molecule has 1 aliphatic rings. The molecular weight excluding hydrogens is 394 g/mol. The smallest absolute Gasteiger partial charge is 0.287 e. The van der Waals surface area contributed by atoms with Crippen molar-refractivity contribution in [3.8, 4) is 0 Å². The third-order valence-electron chi connectivity index (χ3n) is 5.09. The minimum Gasteiger partial charge on any atom is -0.294 e. The molecule has 154 valence electrons. The number of hydrazone groups is 2. The van der Waals surface area contributed by atoms with E-state index in [0.29, 0.717) is 17.7 Å². The Morgan fingerprint density at radius 3 is 2.13 bits per heavy atom. The van der Waals surface area contributed by atoms with Gasteiger partial charge in [0.15, 0.2) is 0 Å². The molecule has 3 aromatic rings. The molecule has 8 heteroatoms. The number of benzene rings is 3. The van der Waals surface area contributed by atoms with E-state index in [9.17, 15) is 14.9 Å². The lowest BCUT2D eigenvalue weighted by Gasteiger charge is -2.30. The Kier molecular flexibility index (Phi) is 5.53. The number of nitrogens with one attached hydrogen (secondary N) is 2. The molecule has 1 amide bonds. The maximum Gasteiger partial charge on any atom is 0.287 e. The van der Waals surface area contributed by atoms with E-state index in [1.165, 1.54) is 18.3 Å². The predicted octanol–water partition coefficient (Wildman–Crippen LogP) is 3.34. The van der Waals surface area contributed by atoms with E-state index in [2.05, 4.69) is 21.1 Å². The molecule has 1 heterocycles. The van der Waals surface area contributed by atoms with E-state index >= 15 is 0 Å². The molecule has 0 aliphatic carbocycles. The van der Waals surface area contributed by atoms with Gasteiger partial charge in [0.2, 0.25) is 0 Å². The minimum atomic E-state index is -0.642. The van der Waals surface area contributed by atoms with Crippen molar-refractivity contribution in [3.63, 3.8) is 0 Å². The summed E-state index contributed by atoms with van der Waals surface area (Å²) < 4.78 is 0. The van der Waals surface area contributed by atoms with Gasteiger partial charge in [0.25, 0.3) is 11.6 Å². The lowest BCUT2D eigenvalue weighted by molar-refractivity contribution is -0.384. The molecule has 0 radical (unpaired) electrons. The van der Waals surface area contributed by atoms with Crippen LogP contribution in [0.25, 0.3) is 0 Å². The van der Waals surface area contributed by atoms with Gasteiger partial charge in [-0.25, -0.2) is 5.43 Å². The number of hydrogen-bond acceptors (Lipinski definition) is 6. The average Bonchev–Trinajstić information content (AvgIpc) is 3.27. The fourth-order valence-corrected chi connectivity index (χ4v) is 3.48. The zero-order valence-electron chi connectivity index (χ0n) is 16.4. The van der Waals surface area contributed by atoms with Gasteiger partial charge in [0, 0.05) is 18.6 Å². The lowest BCUT2D eigenvalue weighted by atomic mass is 9.80. The van der Waals surface area contributed by atoms with Gasteiger partial charge in [0.05, 0.1) is 11.1 Å². The molecule has 8 nitrogen and oxygen atoms in total. The van der Waals surface area contributed by atoms with Crippen molar-refractivity contribution in [2.75, 3.05) is 0 Å². The van der Waals surface area contributed by atoms with Gasteiger partial charge in [0.1, 0.15) is 11.3 Å². The highest BCUT2D eigenvalue weighted by Gasteiger charge is 2.41. The van der Waals surface area contributed by atoms with E-state index in [1.807, 2.05) is 60.7 Å². The summed E-state index contributed by atoms with van der Waals surface area (Å²) in [6, 6.07) is 25.6. The normalized spacial score (nSPS) is 14.6. The van der Waals surface area contributed by atoms with Crippen molar-refractivity contribution in [1.29, 1.82) is 0 Å². The highest BCUT2D eigenvalue weighted by atomic mass is 16.6. The third-order valence-corrected chi connectivity index (χ3v) is 5.09. The van der Waals surface area contributed by atoms with Gasteiger partial charge >= 0.3 is 0 Å². The highest BCUT2D eigenvalue weighted by molar-refractivity contribution is 6.39. The fourth-order valence-electron chi connectivity index (χ4n) is 3.48. The number of nitro benzene ring substituents is 1. The number of nitro groups is 1. The molecule has 1 aliphatic heterocycles. The first-order chi connectivity index (χ1) is 15.1. The van der Waals surface area contributed by atoms with Crippen LogP contribution in [0.5, 0.6) is 0 Å². The number of nitrogens with zero attached hydrogens (tertiary/aromatic N) is 3. The van der Waals surface area contributed by atoms with Crippen LogP contribution >= 0.6 is 0 Å². The summed E-state index contributed by atoms with van der Waals surface area (Å²) in [7, 11) is 0. The first-order valence-corrected chi connectivity index (χ1v) is 9.61. The maximum absolute atomic E-state index is 12.6. The lowest BCUT2D eigenvalue weighted by Crippen LogP contribution is -2.38. The second-order valence-electron chi connectivity index (χ2n) is 7.03. The van der Waals surface area contributed by atoms with Crippen molar-refractivity contribution >= 4 is 23.5 Å². The summed E-state index contributed by atoms with van der Waals surface area (Å²) in [5, 5.41) is 19.0. The zero-order chi connectivity index (χ0) is 21.7. The first-order valence-electron chi connectivity index (χ1n) is 9.61. The van der Waals surface area contributed by atoms with Crippen molar-refractivity contribution < 1.29 is 9.72 Å². The molecule has 0 bridgehead atoms. The summed E-state index contributed by atoms with van der Waals surface area (Å²) in [4.78, 5) is 22.9. The van der Waals surface area contributed by atoms with Gasteiger partial charge in [-0.3, -0.25) is 20.3 Å². The number of rotatable bonds is 6. The quantitative estimate of drug-likeness (QED) is 0.367. The fraction of sp³-hybridized carbons (Fsp3) is 0.0870. The van der Waals surface area contributed by atoms with Crippen LogP contribution in [-0.4, -0.2) is 22.8 Å². The summed E-state index contributed by atoms with van der Waals surface area (Å²) >= 11 is 0. The Morgan fingerprint density at radius 1 is 1.00 bits per heavy atom. The molecule has 31 heavy (non-hydrogen) atoms. The molecule has 0 aromatic heterocycles. The summed E-state index contributed by atoms with van der Waals surface area (Å²) in [5.41, 5.74) is 7.95. The average molecular weight is 413 g/mol. The second kappa shape index (κ2) is 8.58. The molecule has 0 fully saturated rings. The number of amides is 1. The van der Waals surface area contributed by atoms with Crippen molar-refractivity contribution in [1.82, 2.24) is 10.9 Å². The van der Waals surface area contributed by atoms with Crippen LogP contribution < -0.4 is 10.9 Å². The molecule has 4 rings (SSSR count). The number of non-ortho nitro benzene ring substituents is 1. The largest absolute Gasteiger partial charge is 0.294 e. The Morgan fingerprint density at radius 2 is 1.58 bits per heavy atom. The van der Waals surface area contributed by atoms with E-state index in [1.54, 1.807) is 12.1 Å². The number of hydrogen-bond donors (Lipinski definition) is 2. The highest BCUT2D eigenvalue weighted by Crippen LogP contribution is 2.36. The van der Waals surface area contributed by atoms with E-state index < -0.39 is 16.4 Å². The van der Waals surface area contributed by atoms with Crippen LogP contribution in [0.15, 0.2) is 95.1 Å². The zero-order valence-corrected chi connectivity index (χ0v) is 16.4. The topological polar surface area (TPSA) is 109 Å². The first kappa shape index (κ1) is 20.0. The van der Waals surface area contributed by atoms with Gasteiger partial charge in [-0.2, -0.15) is 10.2 Å². The number of carbonyl (C=O) groups is 1. The molecule has 3 aromatic carbocycles. The van der Waals surface area contributed by atoms with Crippen LogP contribution in [0.1, 0.15) is 23.1 Å². The van der Waals surface area contributed by atoms with Crippen LogP contribution in [-0.2, 0) is 10.3 Å². The SMILES string of the molecule is O=C(N/N=C/c1ccc([N+](=O)[O-])cc1)C1=NNC(c2ccccc2)(c2ccccc2)C1. The second-order valence-corrected chi connectivity index (χ2v) is 7.03. The van der Waals surface area contributed by atoms with Crippen molar-refractivity contribution in [2.24, 2.45) is 10.2 Å². The maximum atomic E-state index is 12.6. The Balaban J connectivity index is 1.48. The van der Waals surface area contributed by atoms with Crippen LogP contribution in [0.2, 0.25) is 0 Å². The minimum absolute atomic E-state index is 0.00858. The predicted molar refractivity (Wildman–Crippen MR) is 118 cm³/mol. The number of carbonyl (C=O) groups excluding carboxylic acids is 1. The third kappa shape index (κ3) is 4.18. The van der Waals surface area contributed by atoms with E-state index in [-0.39, 0.29) is 5.69 Å². The Labute approximate surface area is 178 Å². The Bertz CT molecular complexity index is 1100. The Hall–Kier alpha value is -4.33. The van der Waals surface area contributed by atoms with Crippen LogP contribution in [0, 0.1) is 10.1 Å². The summed E-state index contributed by atoms with van der Waals surface area (Å²) in [6.07, 6.45) is 1.78. The molecular formula is C23H19N5O3. The monoisotopic (exact) mass is 413 g/mol. The molecule has 2 N–H and O–H groups in total. The molecule has 0 saturated heterocycles. The summed E-state index contributed by atoms with van der Waals surface area (Å²) in [5.74, 6) is -0.417. The molecule has 0 spiro atoms. The van der Waals surface area contributed by atoms with Gasteiger partial charge in [-0.1, -0.05) is 60.7 Å². The van der Waals surface area contributed by atoms with Gasteiger partial charge < -0.3 is 0 Å². The molecule has 0 saturated carbocycles. The van der Waals surface area contributed by atoms with Gasteiger partial charge in [-0.05, 0) is 28.8 Å². The summed E-state index contributed by atoms with van der Waals surface area (Å²) in [6.45, 7) is 0. The van der Waals surface area contributed by atoms with Crippen LogP contribution in [0.4, 0.5) is 5.69 Å². The van der Waals surface area contributed by atoms with Crippen LogP contribution in [0.3, 0.4) is 0 Å². The molecule has 0 unspecified atom stereocenters. The standard InChI is InChI=1S/C23H19N5O3/c29-22(26-24-16-17-11-13-20(14-12-17)28(30)31)21-15-23(27-25-21,18-7-3-1-4-8-18)19-9-5-2-6-10-19/h1-14,16,27H,15H2,(H,26,29)/b24-16+. The van der Waals surface area contributed by atoms with E-state index in [4.69, 9.17) is 0 Å². The van der Waals surface area contributed by atoms with Crippen molar-refractivity contribution in [2.45, 2.75) is 12.0 Å². The molecule has 0 atom stereocenters. The van der Waals surface area contributed by atoms with E-state index in [0.717, 1.165) is 11.1 Å². The van der Waals surface area contributed by atoms with Gasteiger partial charge in [-0.15, -0.1) is 0 Å². The van der Waals surface area contributed by atoms with Crippen molar-refractivity contribution in [3.05, 3.63) is 112 Å².